The average Bonchev–Trinajstić information content (AvgIpc) is 1.99. The van der Waals surface area contributed by atoms with E-state index in [1.54, 1.807) is 6.92 Å². The second-order valence-corrected chi connectivity index (χ2v) is 2.35. The molecule has 1 rings (SSSR count). The highest BCUT2D eigenvalue weighted by Crippen LogP contribution is 2.23. The van der Waals surface area contributed by atoms with E-state index in [0.29, 0.717) is 5.56 Å². The third-order valence-corrected chi connectivity index (χ3v) is 1.63. The fourth-order valence-electron chi connectivity index (χ4n) is 0.908. The van der Waals surface area contributed by atoms with Gasteiger partial charge in [0, 0.05) is 5.56 Å². The number of hydrogen-bond acceptors (Lipinski definition) is 2. The van der Waals surface area contributed by atoms with E-state index in [4.69, 9.17) is 10.2 Å². The summed E-state index contributed by atoms with van der Waals surface area (Å²) in [5, 5.41) is 17.7. The molecular formula is C8H9FO2. The lowest BCUT2D eigenvalue weighted by Crippen LogP contribution is -1.91. The number of aromatic hydroxyl groups is 1. The van der Waals surface area contributed by atoms with E-state index < -0.39 is 11.6 Å². The highest BCUT2D eigenvalue weighted by atomic mass is 19.1. The minimum Gasteiger partial charge on any atom is -0.505 e. The molecule has 0 atom stereocenters. The molecule has 0 aliphatic carbocycles. The standard InChI is InChI=1S/C8H9FO2/c1-5-2-3-7(9)8(11)6(5)4-10/h2-3,10-11H,4H2,1H3. The quantitative estimate of drug-likeness (QED) is 0.644. The van der Waals surface area contributed by atoms with Crippen molar-refractivity contribution in [3.63, 3.8) is 0 Å². The van der Waals surface area contributed by atoms with Crippen LogP contribution in [0.5, 0.6) is 5.75 Å². The van der Waals surface area contributed by atoms with Crippen molar-refractivity contribution in [2.75, 3.05) is 0 Å². The monoisotopic (exact) mass is 156 g/mol. The number of aliphatic hydroxyl groups excluding tert-OH is 1. The second-order valence-electron chi connectivity index (χ2n) is 2.35. The molecule has 3 heteroatoms. The lowest BCUT2D eigenvalue weighted by molar-refractivity contribution is 0.272. The fourth-order valence-corrected chi connectivity index (χ4v) is 0.908. The van der Waals surface area contributed by atoms with Gasteiger partial charge < -0.3 is 10.2 Å². The van der Waals surface area contributed by atoms with Gasteiger partial charge in [0.2, 0.25) is 0 Å². The van der Waals surface area contributed by atoms with Gasteiger partial charge in [-0.1, -0.05) is 6.07 Å². The normalized spacial score (nSPS) is 10.1. The third-order valence-electron chi connectivity index (χ3n) is 1.63. The summed E-state index contributed by atoms with van der Waals surface area (Å²) in [7, 11) is 0. The third kappa shape index (κ3) is 1.33. The minimum absolute atomic E-state index is 0.255. The Morgan fingerprint density at radius 3 is 2.55 bits per heavy atom. The van der Waals surface area contributed by atoms with E-state index in [0.717, 1.165) is 0 Å². The maximum absolute atomic E-state index is 12.6. The predicted molar refractivity (Wildman–Crippen MR) is 38.7 cm³/mol. The molecular weight excluding hydrogens is 147 g/mol. The molecule has 0 aliphatic rings. The summed E-state index contributed by atoms with van der Waals surface area (Å²) in [6.45, 7) is 1.36. The van der Waals surface area contributed by atoms with Crippen LogP contribution in [0, 0.1) is 12.7 Å². The van der Waals surface area contributed by atoms with Crippen LogP contribution in [0.15, 0.2) is 12.1 Å². The van der Waals surface area contributed by atoms with Gasteiger partial charge in [-0.2, -0.15) is 0 Å². The summed E-state index contributed by atoms with van der Waals surface area (Å²) in [4.78, 5) is 0. The van der Waals surface area contributed by atoms with Crippen molar-refractivity contribution in [2.24, 2.45) is 0 Å². The molecule has 2 nitrogen and oxygen atoms in total. The van der Waals surface area contributed by atoms with Crippen LogP contribution in [0.3, 0.4) is 0 Å². The Labute approximate surface area is 63.9 Å². The molecule has 0 aromatic heterocycles. The zero-order valence-electron chi connectivity index (χ0n) is 6.13. The maximum Gasteiger partial charge on any atom is 0.165 e. The SMILES string of the molecule is Cc1ccc(F)c(O)c1CO. The molecule has 0 heterocycles. The van der Waals surface area contributed by atoms with E-state index in [-0.39, 0.29) is 12.2 Å². The topological polar surface area (TPSA) is 40.5 Å². The Balaban J connectivity index is 3.29. The van der Waals surface area contributed by atoms with Crippen molar-refractivity contribution in [3.8, 4) is 5.75 Å². The van der Waals surface area contributed by atoms with Gasteiger partial charge in [-0.3, -0.25) is 0 Å². The van der Waals surface area contributed by atoms with Crippen LogP contribution in [0.2, 0.25) is 0 Å². The second kappa shape index (κ2) is 2.88. The number of aryl methyl sites for hydroxylation is 1. The van der Waals surface area contributed by atoms with Crippen molar-refractivity contribution in [3.05, 3.63) is 29.1 Å². The van der Waals surface area contributed by atoms with Gasteiger partial charge in [0.05, 0.1) is 6.61 Å². The molecule has 0 fully saturated rings. The van der Waals surface area contributed by atoms with Crippen LogP contribution >= 0.6 is 0 Å². The number of halogens is 1. The molecule has 0 saturated heterocycles. The molecule has 1 aromatic rings. The number of benzene rings is 1. The van der Waals surface area contributed by atoms with Crippen LogP contribution in [0.1, 0.15) is 11.1 Å². The van der Waals surface area contributed by atoms with Gasteiger partial charge in [0.15, 0.2) is 11.6 Å². The molecule has 0 aliphatic heterocycles. The van der Waals surface area contributed by atoms with Crippen molar-refractivity contribution >= 4 is 0 Å². The summed E-state index contributed by atoms with van der Waals surface area (Å²) in [5.74, 6) is -1.15. The van der Waals surface area contributed by atoms with Crippen molar-refractivity contribution in [1.82, 2.24) is 0 Å². The molecule has 11 heavy (non-hydrogen) atoms. The van der Waals surface area contributed by atoms with E-state index in [1.165, 1.54) is 12.1 Å². The summed E-state index contributed by atoms with van der Waals surface area (Å²) in [6, 6.07) is 2.68. The first-order valence-corrected chi connectivity index (χ1v) is 3.24. The summed E-state index contributed by atoms with van der Waals surface area (Å²) < 4.78 is 12.6. The number of aliphatic hydroxyl groups is 1. The molecule has 2 N–H and O–H groups in total. The van der Waals surface area contributed by atoms with Gasteiger partial charge in [0.25, 0.3) is 0 Å². The first kappa shape index (κ1) is 8.01. The molecule has 0 saturated carbocycles. The highest BCUT2D eigenvalue weighted by molar-refractivity contribution is 5.39. The minimum atomic E-state index is -0.695. The van der Waals surface area contributed by atoms with Crippen molar-refractivity contribution in [2.45, 2.75) is 13.5 Å². The van der Waals surface area contributed by atoms with E-state index in [2.05, 4.69) is 0 Å². The largest absolute Gasteiger partial charge is 0.505 e. The smallest absolute Gasteiger partial charge is 0.165 e. The van der Waals surface area contributed by atoms with E-state index in [9.17, 15) is 4.39 Å². The van der Waals surface area contributed by atoms with Gasteiger partial charge in [-0.05, 0) is 18.6 Å². The van der Waals surface area contributed by atoms with E-state index >= 15 is 0 Å². The number of hydrogen-bond donors (Lipinski definition) is 2. The molecule has 1 aromatic carbocycles. The van der Waals surface area contributed by atoms with E-state index in [1.807, 2.05) is 0 Å². The van der Waals surface area contributed by atoms with Crippen LogP contribution in [-0.4, -0.2) is 10.2 Å². The summed E-state index contributed by atoms with van der Waals surface area (Å²) in [6.07, 6.45) is 0. The highest BCUT2D eigenvalue weighted by Gasteiger charge is 2.07. The van der Waals surface area contributed by atoms with Gasteiger partial charge in [-0.25, -0.2) is 4.39 Å². The predicted octanol–water partition coefficient (Wildman–Crippen LogP) is 1.33. The Bertz CT molecular complexity index is 271. The fraction of sp³-hybridized carbons (Fsp3) is 0.250. The van der Waals surface area contributed by atoms with Gasteiger partial charge in [0.1, 0.15) is 0 Å². The summed E-state index contributed by atoms with van der Waals surface area (Å²) >= 11 is 0. The lowest BCUT2D eigenvalue weighted by Gasteiger charge is -2.04. The first-order chi connectivity index (χ1) is 5.16. The van der Waals surface area contributed by atoms with Gasteiger partial charge in [-0.15, -0.1) is 0 Å². The van der Waals surface area contributed by atoms with Gasteiger partial charge >= 0.3 is 0 Å². The molecule has 0 unspecified atom stereocenters. The lowest BCUT2D eigenvalue weighted by atomic mass is 10.1. The van der Waals surface area contributed by atoms with Crippen molar-refractivity contribution < 1.29 is 14.6 Å². The number of phenols is 1. The zero-order chi connectivity index (χ0) is 8.43. The van der Waals surface area contributed by atoms with Crippen LogP contribution in [-0.2, 0) is 6.61 Å². The average molecular weight is 156 g/mol. The Morgan fingerprint density at radius 1 is 1.45 bits per heavy atom. The Kier molecular flexibility index (Phi) is 2.10. The first-order valence-electron chi connectivity index (χ1n) is 3.24. The van der Waals surface area contributed by atoms with Crippen LogP contribution < -0.4 is 0 Å². The summed E-state index contributed by atoms with van der Waals surface area (Å²) in [5.41, 5.74) is 0.941. The molecule has 0 bridgehead atoms. The van der Waals surface area contributed by atoms with Crippen LogP contribution in [0.4, 0.5) is 4.39 Å². The maximum atomic E-state index is 12.6. The molecule has 0 amide bonds. The molecule has 0 spiro atoms. The number of rotatable bonds is 1. The molecule has 60 valence electrons. The molecule has 0 radical (unpaired) electrons. The Morgan fingerprint density at radius 2 is 2.09 bits per heavy atom. The zero-order valence-corrected chi connectivity index (χ0v) is 6.13. The van der Waals surface area contributed by atoms with Crippen LogP contribution in [0.25, 0.3) is 0 Å². The van der Waals surface area contributed by atoms with Crippen molar-refractivity contribution in [1.29, 1.82) is 0 Å². The Hall–Kier alpha value is -1.09.